The van der Waals surface area contributed by atoms with Crippen molar-refractivity contribution in [1.82, 2.24) is 14.9 Å². The molecule has 1 aliphatic rings. The Balaban J connectivity index is 1.57. The molecule has 0 radical (unpaired) electrons. The molecule has 128 valence electrons. The zero-order chi connectivity index (χ0) is 17.4. The van der Waals surface area contributed by atoms with Crippen LogP contribution in [-0.2, 0) is 25.7 Å². The van der Waals surface area contributed by atoms with Gasteiger partial charge in [0.25, 0.3) is 0 Å². The molecule has 1 aliphatic heterocycles. The second-order valence-electron chi connectivity index (χ2n) is 6.26. The largest absolute Gasteiger partial charge is 0.451 e. The van der Waals surface area contributed by atoms with Gasteiger partial charge in [-0.15, -0.1) is 0 Å². The van der Waals surface area contributed by atoms with Crippen LogP contribution in [-0.4, -0.2) is 21.4 Å². The van der Waals surface area contributed by atoms with Crippen LogP contribution in [0.1, 0.15) is 22.6 Å². The van der Waals surface area contributed by atoms with E-state index in [1.807, 2.05) is 18.2 Å². The van der Waals surface area contributed by atoms with Gasteiger partial charge in [-0.1, -0.05) is 42.5 Å². The van der Waals surface area contributed by atoms with Crippen molar-refractivity contribution >= 4 is 10.8 Å². The smallest absolute Gasteiger partial charge is 0.294 e. The molecule has 2 aromatic carbocycles. The molecule has 0 atom stereocenters. The molecule has 0 bridgehead atoms. The van der Waals surface area contributed by atoms with E-state index in [-0.39, 0.29) is 0 Å². The number of hydrogen-bond donors (Lipinski definition) is 0. The zero-order valence-corrected chi connectivity index (χ0v) is 13.4. The first-order chi connectivity index (χ1) is 12.0. The fourth-order valence-electron chi connectivity index (χ4n) is 3.32. The summed E-state index contributed by atoms with van der Waals surface area (Å²) in [6.45, 7) is 2.00. The van der Waals surface area contributed by atoms with Crippen molar-refractivity contribution < 1.29 is 13.2 Å². The Bertz CT molecular complexity index is 916. The van der Waals surface area contributed by atoms with E-state index in [1.165, 1.54) is 22.5 Å². The van der Waals surface area contributed by atoms with Gasteiger partial charge < -0.3 is 0 Å². The summed E-state index contributed by atoms with van der Waals surface area (Å²) in [5, 5.41) is 2.40. The maximum absolute atomic E-state index is 12.7. The molecule has 0 unspecified atom stereocenters. The van der Waals surface area contributed by atoms with E-state index in [4.69, 9.17) is 0 Å². The molecule has 0 N–H and O–H groups in total. The quantitative estimate of drug-likeness (QED) is 0.698. The van der Waals surface area contributed by atoms with E-state index in [0.29, 0.717) is 25.2 Å². The van der Waals surface area contributed by atoms with Crippen LogP contribution in [0.4, 0.5) is 13.2 Å². The van der Waals surface area contributed by atoms with Gasteiger partial charge in [-0.05, 0) is 16.3 Å². The van der Waals surface area contributed by atoms with Gasteiger partial charge in [0.05, 0.1) is 5.69 Å². The average molecular weight is 343 g/mol. The summed E-state index contributed by atoms with van der Waals surface area (Å²) < 4.78 is 38.2. The van der Waals surface area contributed by atoms with E-state index in [1.54, 1.807) is 0 Å². The maximum Gasteiger partial charge on any atom is 0.451 e. The first kappa shape index (κ1) is 16.0. The summed E-state index contributed by atoms with van der Waals surface area (Å²) in [5.74, 6) is -1.05. The van der Waals surface area contributed by atoms with E-state index in [0.717, 1.165) is 12.1 Å². The van der Waals surface area contributed by atoms with Crippen LogP contribution in [0.25, 0.3) is 10.8 Å². The molecule has 3 nitrogen and oxygen atoms in total. The van der Waals surface area contributed by atoms with Gasteiger partial charge in [0.1, 0.15) is 0 Å². The van der Waals surface area contributed by atoms with E-state index < -0.39 is 12.0 Å². The molecule has 25 heavy (non-hydrogen) atoms. The normalized spacial score (nSPS) is 15.3. The summed E-state index contributed by atoms with van der Waals surface area (Å²) in [5.41, 5.74) is 2.50. The van der Waals surface area contributed by atoms with Crippen LogP contribution < -0.4 is 0 Å². The number of fused-ring (bicyclic) bond motifs is 2. The highest BCUT2D eigenvalue weighted by molar-refractivity contribution is 5.85. The Morgan fingerprint density at radius 1 is 1.04 bits per heavy atom. The Kier molecular flexibility index (Phi) is 3.92. The van der Waals surface area contributed by atoms with E-state index >= 15 is 0 Å². The Morgan fingerprint density at radius 2 is 1.84 bits per heavy atom. The number of rotatable bonds is 2. The van der Waals surface area contributed by atoms with Crippen LogP contribution in [0.2, 0.25) is 0 Å². The van der Waals surface area contributed by atoms with Gasteiger partial charge in [-0.3, -0.25) is 4.90 Å². The highest BCUT2D eigenvalue weighted by Gasteiger charge is 2.35. The molecule has 1 aromatic heterocycles. The van der Waals surface area contributed by atoms with Crippen LogP contribution in [0.15, 0.2) is 48.7 Å². The van der Waals surface area contributed by atoms with Gasteiger partial charge in [-0.25, -0.2) is 9.97 Å². The molecular weight excluding hydrogens is 327 g/mol. The van der Waals surface area contributed by atoms with Crippen LogP contribution in [0.3, 0.4) is 0 Å². The average Bonchev–Trinajstić information content (AvgIpc) is 2.61. The summed E-state index contributed by atoms with van der Waals surface area (Å²) in [6, 6.07) is 14.4. The second-order valence-corrected chi connectivity index (χ2v) is 6.26. The molecule has 0 amide bonds. The predicted molar refractivity (Wildman–Crippen MR) is 88.8 cm³/mol. The lowest BCUT2D eigenvalue weighted by atomic mass is 10.0. The minimum Gasteiger partial charge on any atom is -0.294 e. The molecule has 4 rings (SSSR count). The lowest BCUT2D eigenvalue weighted by Crippen LogP contribution is -2.31. The first-order valence-corrected chi connectivity index (χ1v) is 8.12. The number of aromatic nitrogens is 2. The highest BCUT2D eigenvalue weighted by atomic mass is 19.4. The molecule has 0 saturated heterocycles. The number of nitrogens with zero attached hydrogens (tertiary/aromatic N) is 3. The Morgan fingerprint density at radius 3 is 2.68 bits per heavy atom. The van der Waals surface area contributed by atoms with Crippen LogP contribution >= 0.6 is 0 Å². The van der Waals surface area contributed by atoms with Crippen LogP contribution in [0, 0.1) is 0 Å². The van der Waals surface area contributed by atoms with Gasteiger partial charge in [0.2, 0.25) is 5.82 Å². The third kappa shape index (κ3) is 3.22. The van der Waals surface area contributed by atoms with Gasteiger partial charge in [-0.2, -0.15) is 13.2 Å². The minimum absolute atomic E-state index is 0.506. The summed E-state index contributed by atoms with van der Waals surface area (Å²) in [4.78, 5) is 9.43. The Labute approximate surface area is 143 Å². The molecule has 0 fully saturated rings. The molecule has 0 aliphatic carbocycles. The first-order valence-electron chi connectivity index (χ1n) is 8.12. The molecule has 0 spiro atoms. The van der Waals surface area contributed by atoms with Crippen molar-refractivity contribution in [3.8, 4) is 0 Å². The molecule has 6 heteroatoms. The predicted octanol–water partition coefficient (Wildman–Crippen LogP) is 4.21. The summed E-state index contributed by atoms with van der Waals surface area (Å²) >= 11 is 0. The summed E-state index contributed by atoms with van der Waals surface area (Å²) in [6.07, 6.45) is -2.67. The number of halogens is 3. The maximum atomic E-state index is 12.7. The molecular formula is C19H16F3N3. The number of alkyl halides is 3. The zero-order valence-electron chi connectivity index (χ0n) is 13.4. The number of hydrogen-bond acceptors (Lipinski definition) is 3. The van der Waals surface area contributed by atoms with E-state index in [9.17, 15) is 13.2 Å². The van der Waals surface area contributed by atoms with Crippen molar-refractivity contribution in [2.24, 2.45) is 0 Å². The lowest BCUT2D eigenvalue weighted by Gasteiger charge is -2.28. The highest BCUT2D eigenvalue weighted by Crippen LogP contribution is 2.28. The third-order valence-electron chi connectivity index (χ3n) is 4.54. The molecule has 2 heterocycles. The van der Waals surface area contributed by atoms with Crippen molar-refractivity contribution in [2.75, 3.05) is 6.54 Å². The van der Waals surface area contributed by atoms with Crippen molar-refractivity contribution in [3.63, 3.8) is 0 Å². The van der Waals surface area contributed by atoms with E-state index in [2.05, 4.69) is 39.1 Å². The summed E-state index contributed by atoms with van der Waals surface area (Å²) in [7, 11) is 0. The fraction of sp³-hybridized carbons (Fsp3) is 0.263. The van der Waals surface area contributed by atoms with Gasteiger partial charge >= 0.3 is 6.18 Å². The SMILES string of the molecule is FC(F)(F)c1ncc2c(n1)CCN(Cc1cccc3ccccc13)C2. The molecule has 0 saturated carbocycles. The minimum atomic E-state index is -4.49. The monoisotopic (exact) mass is 343 g/mol. The van der Waals surface area contributed by atoms with Gasteiger partial charge in [0.15, 0.2) is 0 Å². The standard InChI is InChI=1S/C19H16F3N3/c20-19(21,22)18-23-10-15-12-25(9-8-17(15)24-18)11-14-6-3-5-13-4-1-2-7-16(13)14/h1-7,10H,8-9,11-12H2. The second kappa shape index (κ2) is 6.11. The van der Waals surface area contributed by atoms with Crippen LogP contribution in [0.5, 0.6) is 0 Å². The third-order valence-corrected chi connectivity index (χ3v) is 4.54. The number of benzene rings is 2. The lowest BCUT2D eigenvalue weighted by molar-refractivity contribution is -0.145. The van der Waals surface area contributed by atoms with Crippen molar-refractivity contribution in [3.05, 3.63) is 71.3 Å². The Hall–Kier alpha value is -2.47. The fourth-order valence-corrected chi connectivity index (χ4v) is 3.32. The molecule has 3 aromatic rings. The van der Waals surface area contributed by atoms with Crippen molar-refractivity contribution in [1.29, 1.82) is 0 Å². The van der Waals surface area contributed by atoms with Crippen molar-refractivity contribution in [2.45, 2.75) is 25.7 Å². The van der Waals surface area contributed by atoms with Gasteiger partial charge in [0, 0.05) is 37.8 Å². The topological polar surface area (TPSA) is 29.0 Å².